The zero-order valence-electron chi connectivity index (χ0n) is 13.0. The number of aryl methyl sites for hydroxylation is 2. The highest BCUT2D eigenvalue weighted by molar-refractivity contribution is 5.43. The van der Waals surface area contributed by atoms with E-state index in [4.69, 9.17) is 5.10 Å². The molecule has 108 valence electrons. The van der Waals surface area contributed by atoms with Crippen molar-refractivity contribution in [2.24, 2.45) is 0 Å². The van der Waals surface area contributed by atoms with E-state index in [-0.39, 0.29) is 0 Å². The Morgan fingerprint density at radius 2 is 1.85 bits per heavy atom. The fourth-order valence-electron chi connectivity index (χ4n) is 2.64. The summed E-state index contributed by atoms with van der Waals surface area (Å²) in [5, 5.41) is 8.30. The molecule has 0 atom stereocenters. The first-order valence-corrected chi connectivity index (χ1v) is 7.59. The highest BCUT2D eigenvalue weighted by Gasteiger charge is 2.16. The second kappa shape index (κ2) is 6.71. The van der Waals surface area contributed by atoms with Crippen LogP contribution in [0.5, 0.6) is 0 Å². The summed E-state index contributed by atoms with van der Waals surface area (Å²) < 4.78 is 2.14. The molecule has 0 saturated carbocycles. The predicted molar refractivity (Wildman–Crippen MR) is 84.4 cm³/mol. The molecule has 0 aliphatic heterocycles. The van der Waals surface area contributed by atoms with Crippen molar-refractivity contribution in [3.8, 4) is 5.69 Å². The zero-order valence-corrected chi connectivity index (χ0v) is 13.0. The van der Waals surface area contributed by atoms with Gasteiger partial charge in [0.15, 0.2) is 0 Å². The lowest BCUT2D eigenvalue weighted by molar-refractivity contribution is 0.712. The van der Waals surface area contributed by atoms with Crippen LogP contribution in [0.1, 0.15) is 43.3 Å². The molecule has 1 aromatic carbocycles. The number of rotatable bonds is 6. The lowest BCUT2D eigenvalue weighted by atomic mass is 10.1. The molecule has 3 nitrogen and oxygen atoms in total. The van der Waals surface area contributed by atoms with Gasteiger partial charge >= 0.3 is 0 Å². The third kappa shape index (κ3) is 2.78. The first-order valence-electron chi connectivity index (χ1n) is 7.59. The Balaban J connectivity index is 2.53. The lowest BCUT2D eigenvalue weighted by Crippen LogP contribution is -2.14. The number of hydrogen-bond donors (Lipinski definition) is 1. The lowest BCUT2D eigenvalue weighted by Gasteiger charge is -2.10. The molecular weight excluding hydrogens is 246 g/mol. The van der Waals surface area contributed by atoms with Crippen LogP contribution >= 0.6 is 0 Å². The Bertz CT molecular complexity index is 570. The van der Waals surface area contributed by atoms with Gasteiger partial charge in [0.05, 0.1) is 11.4 Å². The molecule has 2 aromatic rings. The van der Waals surface area contributed by atoms with Gasteiger partial charge in [0, 0.05) is 17.8 Å². The van der Waals surface area contributed by atoms with Crippen molar-refractivity contribution < 1.29 is 0 Å². The minimum atomic E-state index is 0.911. The Hall–Kier alpha value is -1.61. The first kappa shape index (κ1) is 14.8. The summed E-state index contributed by atoms with van der Waals surface area (Å²) in [6.45, 7) is 10.6. The molecule has 0 saturated heterocycles. The van der Waals surface area contributed by atoms with Crippen molar-refractivity contribution in [1.82, 2.24) is 15.1 Å². The largest absolute Gasteiger partial charge is 0.313 e. The average molecular weight is 271 g/mol. The molecule has 0 bridgehead atoms. The molecule has 0 amide bonds. The van der Waals surface area contributed by atoms with Gasteiger partial charge in [0.1, 0.15) is 0 Å². The van der Waals surface area contributed by atoms with Crippen LogP contribution in [-0.2, 0) is 19.4 Å². The third-order valence-corrected chi connectivity index (χ3v) is 3.74. The zero-order chi connectivity index (χ0) is 14.5. The van der Waals surface area contributed by atoms with Crippen molar-refractivity contribution in [2.75, 3.05) is 6.54 Å². The fourth-order valence-corrected chi connectivity index (χ4v) is 2.64. The molecule has 2 rings (SSSR count). The Labute approximate surface area is 122 Å². The summed E-state index contributed by atoms with van der Waals surface area (Å²) in [7, 11) is 0. The Kier molecular flexibility index (Phi) is 4.96. The average Bonchev–Trinajstić information content (AvgIpc) is 2.83. The SMILES string of the molecule is CCNCc1c(CC)nn(-c2ccccc2C)c1CC. The van der Waals surface area contributed by atoms with E-state index in [2.05, 4.69) is 62.0 Å². The standard InChI is InChI=1S/C17H25N3/c1-5-15-14(12-18-7-3)16(6-2)20(19-15)17-11-9-8-10-13(17)4/h8-11,18H,5-7,12H2,1-4H3. The van der Waals surface area contributed by atoms with Gasteiger partial charge < -0.3 is 5.32 Å². The van der Waals surface area contributed by atoms with E-state index >= 15 is 0 Å². The fraction of sp³-hybridized carbons (Fsp3) is 0.471. The van der Waals surface area contributed by atoms with Crippen molar-refractivity contribution in [1.29, 1.82) is 0 Å². The summed E-state index contributed by atoms with van der Waals surface area (Å²) in [5.74, 6) is 0. The third-order valence-electron chi connectivity index (χ3n) is 3.74. The van der Waals surface area contributed by atoms with Crippen LogP contribution in [0.2, 0.25) is 0 Å². The molecule has 1 heterocycles. The number of hydrogen-bond acceptors (Lipinski definition) is 2. The Morgan fingerprint density at radius 1 is 1.10 bits per heavy atom. The molecule has 0 aliphatic rings. The summed E-state index contributed by atoms with van der Waals surface area (Å²) in [5.41, 5.74) is 6.38. The van der Waals surface area contributed by atoms with Gasteiger partial charge in [-0.3, -0.25) is 0 Å². The van der Waals surface area contributed by atoms with Crippen LogP contribution in [0.25, 0.3) is 5.69 Å². The van der Waals surface area contributed by atoms with Crippen molar-refractivity contribution >= 4 is 0 Å². The summed E-state index contributed by atoms with van der Waals surface area (Å²) >= 11 is 0. The van der Waals surface area contributed by atoms with Gasteiger partial charge in [-0.15, -0.1) is 0 Å². The normalized spacial score (nSPS) is 11.0. The van der Waals surface area contributed by atoms with E-state index in [1.54, 1.807) is 0 Å². The molecular formula is C17H25N3. The maximum absolute atomic E-state index is 4.86. The van der Waals surface area contributed by atoms with E-state index < -0.39 is 0 Å². The van der Waals surface area contributed by atoms with Crippen molar-refractivity contribution in [2.45, 2.75) is 47.1 Å². The molecule has 0 unspecified atom stereocenters. The second-order valence-electron chi connectivity index (χ2n) is 5.06. The summed E-state index contributed by atoms with van der Waals surface area (Å²) in [4.78, 5) is 0. The van der Waals surface area contributed by atoms with Gasteiger partial charge in [-0.25, -0.2) is 4.68 Å². The molecule has 0 aliphatic carbocycles. The van der Waals surface area contributed by atoms with Crippen molar-refractivity contribution in [3.05, 3.63) is 46.8 Å². The van der Waals surface area contributed by atoms with Crippen LogP contribution in [0.3, 0.4) is 0 Å². The maximum Gasteiger partial charge on any atom is 0.0678 e. The predicted octanol–water partition coefficient (Wildman–Crippen LogP) is 3.42. The van der Waals surface area contributed by atoms with E-state index in [1.807, 2.05) is 0 Å². The number of benzene rings is 1. The van der Waals surface area contributed by atoms with Crippen LogP contribution < -0.4 is 5.32 Å². The van der Waals surface area contributed by atoms with E-state index in [0.717, 1.165) is 25.9 Å². The van der Waals surface area contributed by atoms with E-state index in [1.165, 1.54) is 28.2 Å². The maximum atomic E-state index is 4.86. The van der Waals surface area contributed by atoms with Crippen LogP contribution in [0.4, 0.5) is 0 Å². The number of nitrogens with zero attached hydrogens (tertiary/aromatic N) is 2. The van der Waals surface area contributed by atoms with Gasteiger partial charge in [-0.1, -0.05) is 39.0 Å². The Morgan fingerprint density at radius 3 is 2.45 bits per heavy atom. The molecule has 1 aromatic heterocycles. The molecule has 3 heteroatoms. The number of para-hydroxylation sites is 1. The quantitative estimate of drug-likeness (QED) is 0.872. The second-order valence-corrected chi connectivity index (χ2v) is 5.06. The van der Waals surface area contributed by atoms with Gasteiger partial charge in [-0.2, -0.15) is 5.10 Å². The van der Waals surface area contributed by atoms with Crippen molar-refractivity contribution in [3.63, 3.8) is 0 Å². The smallest absolute Gasteiger partial charge is 0.0678 e. The minimum absolute atomic E-state index is 0.911. The van der Waals surface area contributed by atoms with Gasteiger partial charge in [-0.05, 0) is 37.9 Å². The molecule has 20 heavy (non-hydrogen) atoms. The van der Waals surface area contributed by atoms with E-state index in [9.17, 15) is 0 Å². The monoisotopic (exact) mass is 271 g/mol. The number of aromatic nitrogens is 2. The van der Waals surface area contributed by atoms with Gasteiger partial charge in [0.25, 0.3) is 0 Å². The van der Waals surface area contributed by atoms with Crippen LogP contribution in [0, 0.1) is 6.92 Å². The van der Waals surface area contributed by atoms with E-state index in [0.29, 0.717) is 0 Å². The number of nitrogens with one attached hydrogen (secondary N) is 1. The van der Waals surface area contributed by atoms with Crippen LogP contribution in [0.15, 0.2) is 24.3 Å². The summed E-state index contributed by atoms with van der Waals surface area (Å²) in [6, 6.07) is 8.46. The highest BCUT2D eigenvalue weighted by atomic mass is 15.3. The van der Waals surface area contributed by atoms with Crippen LogP contribution in [-0.4, -0.2) is 16.3 Å². The topological polar surface area (TPSA) is 29.9 Å². The van der Waals surface area contributed by atoms with Gasteiger partial charge in [0.2, 0.25) is 0 Å². The summed E-state index contributed by atoms with van der Waals surface area (Å²) in [6.07, 6.45) is 1.98. The molecule has 1 N–H and O–H groups in total. The minimum Gasteiger partial charge on any atom is -0.313 e. The molecule has 0 spiro atoms. The molecule has 0 fully saturated rings. The molecule has 0 radical (unpaired) electrons. The first-order chi connectivity index (χ1) is 9.72. The highest BCUT2D eigenvalue weighted by Crippen LogP contribution is 2.22.